The lowest BCUT2D eigenvalue weighted by Gasteiger charge is -2.07. The molecule has 0 spiro atoms. The minimum atomic E-state index is -0.334. The molecule has 0 amide bonds. The maximum absolute atomic E-state index is 11.2. The van der Waals surface area contributed by atoms with Crippen LogP contribution in [0.3, 0.4) is 0 Å². The van der Waals surface area contributed by atoms with Crippen LogP contribution in [0.1, 0.15) is 12.8 Å². The van der Waals surface area contributed by atoms with Crippen molar-refractivity contribution >= 4 is 22.5 Å². The van der Waals surface area contributed by atoms with Crippen LogP contribution in [0.4, 0.5) is 0 Å². The number of fused-ring (bicyclic) bond motifs is 1. The molecule has 0 atom stereocenters. The average Bonchev–Trinajstić information content (AvgIpc) is 2.34. The summed E-state index contributed by atoms with van der Waals surface area (Å²) in [5.74, 6) is 1.27. The summed E-state index contributed by atoms with van der Waals surface area (Å²) in [6.07, 6.45) is 1.80. The van der Waals surface area contributed by atoms with Gasteiger partial charge in [-0.25, -0.2) is 0 Å². The lowest BCUT2D eigenvalue weighted by molar-refractivity contribution is 0.310. The zero-order valence-electron chi connectivity index (χ0n) is 9.78. The van der Waals surface area contributed by atoms with Crippen molar-refractivity contribution < 1.29 is 9.84 Å². The van der Waals surface area contributed by atoms with E-state index in [9.17, 15) is 9.90 Å². The second kappa shape index (κ2) is 5.78. The van der Waals surface area contributed by atoms with Crippen LogP contribution in [0.25, 0.3) is 10.9 Å². The number of aromatic amines is 1. The SMILES string of the molecule is O=c1cc(O)c2ccc(OCCCCCl)cc2[nH]1. The van der Waals surface area contributed by atoms with Gasteiger partial charge in [0.05, 0.1) is 12.1 Å². The Morgan fingerprint density at radius 3 is 2.89 bits per heavy atom. The molecule has 4 nitrogen and oxygen atoms in total. The summed E-state index contributed by atoms with van der Waals surface area (Å²) in [6.45, 7) is 0.585. The number of unbranched alkanes of at least 4 members (excludes halogenated alkanes) is 1. The summed E-state index contributed by atoms with van der Waals surface area (Å²) < 4.78 is 5.53. The number of H-pyrrole nitrogens is 1. The van der Waals surface area contributed by atoms with E-state index < -0.39 is 0 Å². The van der Waals surface area contributed by atoms with Crippen molar-refractivity contribution in [1.29, 1.82) is 0 Å². The molecule has 2 N–H and O–H groups in total. The fourth-order valence-electron chi connectivity index (χ4n) is 1.70. The molecule has 18 heavy (non-hydrogen) atoms. The Morgan fingerprint density at radius 1 is 1.28 bits per heavy atom. The first-order valence-electron chi connectivity index (χ1n) is 5.75. The summed E-state index contributed by atoms with van der Waals surface area (Å²) in [7, 11) is 0. The maximum atomic E-state index is 11.2. The van der Waals surface area contributed by atoms with E-state index in [0.717, 1.165) is 18.9 Å². The molecule has 0 bridgehead atoms. The van der Waals surface area contributed by atoms with Gasteiger partial charge in [-0.05, 0) is 25.0 Å². The van der Waals surface area contributed by atoms with Crippen LogP contribution in [0.5, 0.6) is 11.5 Å². The highest BCUT2D eigenvalue weighted by Crippen LogP contribution is 2.24. The number of hydrogen-bond donors (Lipinski definition) is 2. The second-order valence-electron chi connectivity index (χ2n) is 3.97. The number of halogens is 1. The molecule has 0 saturated carbocycles. The molecule has 0 aliphatic heterocycles. The Hall–Kier alpha value is -1.68. The number of hydrogen-bond acceptors (Lipinski definition) is 3. The van der Waals surface area contributed by atoms with Crippen LogP contribution in [0.15, 0.2) is 29.1 Å². The van der Waals surface area contributed by atoms with E-state index >= 15 is 0 Å². The molecule has 5 heteroatoms. The van der Waals surface area contributed by atoms with E-state index in [-0.39, 0.29) is 11.3 Å². The van der Waals surface area contributed by atoms with Crippen molar-refractivity contribution in [2.24, 2.45) is 0 Å². The van der Waals surface area contributed by atoms with Crippen molar-refractivity contribution in [2.45, 2.75) is 12.8 Å². The largest absolute Gasteiger partial charge is 0.507 e. The molecular weight excluding hydrogens is 254 g/mol. The van der Waals surface area contributed by atoms with Crippen LogP contribution in [-0.2, 0) is 0 Å². The minimum Gasteiger partial charge on any atom is -0.507 e. The Balaban J connectivity index is 2.19. The summed E-state index contributed by atoms with van der Waals surface area (Å²) in [5, 5.41) is 10.2. The minimum absolute atomic E-state index is 0.0255. The third-order valence-electron chi connectivity index (χ3n) is 2.59. The fraction of sp³-hybridized carbons (Fsp3) is 0.308. The predicted molar refractivity (Wildman–Crippen MR) is 71.7 cm³/mol. The highest BCUT2D eigenvalue weighted by atomic mass is 35.5. The van der Waals surface area contributed by atoms with Crippen molar-refractivity contribution in [3.63, 3.8) is 0 Å². The van der Waals surface area contributed by atoms with Crippen molar-refractivity contribution in [3.05, 3.63) is 34.6 Å². The van der Waals surface area contributed by atoms with Gasteiger partial charge in [-0.3, -0.25) is 4.79 Å². The Bertz CT molecular complexity index is 594. The summed E-state index contributed by atoms with van der Waals surface area (Å²) in [5.41, 5.74) is 0.231. The molecule has 0 aliphatic rings. The van der Waals surface area contributed by atoms with Crippen molar-refractivity contribution in [2.75, 3.05) is 12.5 Å². The van der Waals surface area contributed by atoms with Crippen LogP contribution in [0, 0.1) is 0 Å². The first kappa shape index (κ1) is 12.8. The van der Waals surface area contributed by atoms with Gasteiger partial charge in [0.25, 0.3) is 5.56 Å². The van der Waals surface area contributed by atoms with Gasteiger partial charge in [-0.2, -0.15) is 0 Å². The highest BCUT2D eigenvalue weighted by molar-refractivity contribution is 6.17. The van der Waals surface area contributed by atoms with Gasteiger partial charge in [-0.1, -0.05) is 0 Å². The summed E-state index contributed by atoms with van der Waals surface area (Å²) in [6, 6.07) is 6.35. The number of aromatic nitrogens is 1. The molecule has 1 aromatic carbocycles. The van der Waals surface area contributed by atoms with Crippen LogP contribution in [0.2, 0.25) is 0 Å². The molecule has 2 rings (SSSR count). The molecule has 2 aromatic rings. The van der Waals surface area contributed by atoms with Gasteiger partial charge in [0.1, 0.15) is 11.5 Å². The predicted octanol–water partition coefficient (Wildman–Crippen LogP) is 2.63. The molecule has 0 unspecified atom stereocenters. The molecule has 0 saturated heterocycles. The van der Waals surface area contributed by atoms with E-state index in [4.69, 9.17) is 16.3 Å². The van der Waals surface area contributed by atoms with E-state index in [2.05, 4.69) is 4.98 Å². The Morgan fingerprint density at radius 2 is 2.11 bits per heavy atom. The first-order valence-corrected chi connectivity index (χ1v) is 6.29. The number of benzene rings is 1. The molecule has 1 heterocycles. The molecule has 0 fully saturated rings. The average molecular weight is 268 g/mol. The fourth-order valence-corrected chi connectivity index (χ4v) is 1.89. The van der Waals surface area contributed by atoms with E-state index in [1.165, 1.54) is 0 Å². The second-order valence-corrected chi connectivity index (χ2v) is 4.35. The van der Waals surface area contributed by atoms with Gasteiger partial charge in [0, 0.05) is 23.4 Å². The topological polar surface area (TPSA) is 62.3 Å². The van der Waals surface area contributed by atoms with Crippen LogP contribution in [-0.4, -0.2) is 22.6 Å². The first-order chi connectivity index (χ1) is 8.70. The molecule has 0 radical (unpaired) electrons. The zero-order valence-corrected chi connectivity index (χ0v) is 10.5. The lowest BCUT2D eigenvalue weighted by atomic mass is 10.2. The summed E-state index contributed by atoms with van der Waals surface area (Å²) >= 11 is 5.57. The number of rotatable bonds is 5. The summed E-state index contributed by atoms with van der Waals surface area (Å²) in [4.78, 5) is 13.9. The standard InChI is InChI=1S/C13H14ClNO3/c14-5-1-2-6-18-9-3-4-10-11(7-9)15-13(17)8-12(10)16/h3-4,7-8H,1-2,5-6H2,(H2,15,16,17). The number of ether oxygens (including phenoxy) is 1. The van der Waals surface area contributed by atoms with Crippen molar-refractivity contribution in [1.82, 2.24) is 4.98 Å². The van der Waals surface area contributed by atoms with Gasteiger partial charge in [0.2, 0.25) is 0 Å². The van der Waals surface area contributed by atoms with E-state index in [1.54, 1.807) is 18.2 Å². The zero-order chi connectivity index (χ0) is 13.0. The molecule has 0 aliphatic carbocycles. The molecule has 96 valence electrons. The Kier molecular flexibility index (Phi) is 4.10. The molecular formula is C13H14ClNO3. The van der Waals surface area contributed by atoms with Crippen LogP contribution >= 0.6 is 11.6 Å². The lowest BCUT2D eigenvalue weighted by Crippen LogP contribution is -2.03. The van der Waals surface area contributed by atoms with Gasteiger partial charge < -0.3 is 14.8 Å². The van der Waals surface area contributed by atoms with Crippen LogP contribution < -0.4 is 10.3 Å². The maximum Gasteiger partial charge on any atom is 0.252 e. The quantitative estimate of drug-likeness (QED) is 0.647. The van der Waals surface area contributed by atoms with E-state index in [1.807, 2.05) is 0 Å². The van der Waals surface area contributed by atoms with Gasteiger partial charge >= 0.3 is 0 Å². The monoisotopic (exact) mass is 267 g/mol. The number of nitrogens with one attached hydrogen (secondary N) is 1. The third-order valence-corrected chi connectivity index (χ3v) is 2.86. The number of aromatic hydroxyl groups is 1. The number of pyridine rings is 1. The van der Waals surface area contributed by atoms with Gasteiger partial charge in [0.15, 0.2) is 0 Å². The Labute approximate surface area is 109 Å². The van der Waals surface area contributed by atoms with E-state index in [0.29, 0.717) is 29.1 Å². The van der Waals surface area contributed by atoms with Gasteiger partial charge in [-0.15, -0.1) is 11.6 Å². The molecule has 1 aromatic heterocycles. The van der Waals surface area contributed by atoms with Crippen molar-refractivity contribution in [3.8, 4) is 11.5 Å². The number of alkyl halides is 1. The normalized spacial score (nSPS) is 10.7. The smallest absolute Gasteiger partial charge is 0.252 e. The highest BCUT2D eigenvalue weighted by Gasteiger charge is 2.03. The third kappa shape index (κ3) is 2.96.